The van der Waals surface area contributed by atoms with E-state index in [-0.39, 0.29) is 25.5 Å². The highest BCUT2D eigenvalue weighted by atomic mass is 16.5. The number of aliphatic carboxylic acids is 1. The van der Waals surface area contributed by atoms with Gasteiger partial charge >= 0.3 is 11.9 Å². The zero-order valence-electron chi connectivity index (χ0n) is 16.3. The van der Waals surface area contributed by atoms with Crippen LogP contribution in [-0.4, -0.2) is 61.3 Å². The van der Waals surface area contributed by atoms with E-state index in [2.05, 4.69) is 0 Å². The molecule has 0 aromatic heterocycles. The third-order valence-electron chi connectivity index (χ3n) is 4.04. The molecule has 1 N–H and O–H groups in total. The number of carbonyl (C=O) groups is 3. The molecule has 0 saturated carbocycles. The van der Waals surface area contributed by atoms with Gasteiger partial charge in [0.2, 0.25) is 5.91 Å². The number of esters is 1. The number of nitrogens with zero attached hydrogens (tertiary/aromatic N) is 1. The number of carbonyl (C=O) groups excluding carboxylic acids is 2. The minimum Gasteiger partial charge on any atom is -0.480 e. The average molecular weight is 373 g/mol. The van der Waals surface area contributed by atoms with E-state index in [9.17, 15) is 14.4 Å². The summed E-state index contributed by atoms with van der Waals surface area (Å²) in [7, 11) is 1.72. The summed E-state index contributed by atoms with van der Waals surface area (Å²) < 4.78 is 9.80. The first kappa shape index (κ1) is 24.4. The van der Waals surface area contributed by atoms with Crippen molar-refractivity contribution in [2.45, 2.75) is 71.1 Å². The van der Waals surface area contributed by atoms with Crippen molar-refractivity contribution in [2.24, 2.45) is 0 Å². The summed E-state index contributed by atoms with van der Waals surface area (Å²) in [5.74, 6) is -2.01. The number of ether oxygens (including phenoxy) is 2. The maximum absolute atomic E-state index is 12.1. The number of hydrogen-bond acceptors (Lipinski definition) is 5. The smallest absolute Gasteiger partial charge is 0.325 e. The van der Waals surface area contributed by atoms with Crippen LogP contribution in [0.4, 0.5) is 0 Å². The minimum atomic E-state index is -1.13. The molecular formula is C19H35NO6. The van der Waals surface area contributed by atoms with Gasteiger partial charge in [-0.3, -0.25) is 14.4 Å². The van der Waals surface area contributed by atoms with Gasteiger partial charge in [0.05, 0.1) is 6.61 Å². The lowest BCUT2D eigenvalue weighted by Gasteiger charge is -2.19. The molecule has 0 aromatic rings. The first-order valence-corrected chi connectivity index (χ1v) is 9.65. The lowest BCUT2D eigenvalue weighted by Crippen LogP contribution is -2.39. The second kappa shape index (κ2) is 16.8. The van der Waals surface area contributed by atoms with Crippen LogP contribution in [0.1, 0.15) is 71.1 Å². The van der Waals surface area contributed by atoms with E-state index in [0.717, 1.165) is 37.2 Å². The molecule has 0 unspecified atom stereocenters. The van der Waals surface area contributed by atoms with E-state index in [1.165, 1.54) is 25.7 Å². The van der Waals surface area contributed by atoms with E-state index < -0.39 is 18.5 Å². The zero-order valence-corrected chi connectivity index (χ0v) is 16.3. The molecular weight excluding hydrogens is 338 g/mol. The van der Waals surface area contributed by atoms with Gasteiger partial charge in [0, 0.05) is 20.1 Å². The van der Waals surface area contributed by atoms with E-state index in [0.29, 0.717) is 6.42 Å². The Morgan fingerprint density at radius 1 is 0.846 bits per heavy atom. The predicted octanol–water partition coefficient (Wildman–Crippen LogP) is 3.01. The van der Waals surface area contributed by atoms with Crippen LogP contribution in [0.3, 0.4) is 0 Å². The number of hydrogen-bond donors (Lipinski definition) is 1. The average Bonchev–Trinajstić information content (AvgIpc) is 2.58. The van der Waals surface area contributed by atoms with Gasteiger partial charge < -0.3 is 19.5 Å². The molecule has 152 valence electrons. The minimum absolute atomic E-state index is 0.209. The zero-order chi connectivity index (χ0) is 19.6. The van der Waals surface area contributed by atoms with Crippen molar-refractivity contribution in [1.82, 2.24) is 4.90 Å². The molecule has 0 aliphatic rings. The number of rotatable bonds is 17. The van der Waals surface area contributed by atoms with Gasteiger partial charge in [-0.25, -0.2) is 0 Å². The van der Waals surface area contributed by atoms with Crippen molar-refractivity contribution in [3.05, 3.63) is 0 Å². The molecule has 0 heterocycles. The highest BCUT2D eigenvalue weighted by molar-refractivity contribution is 5.85. The standard InChI is InChI=1S/C19H35NO6/c1-3-26-19(24)16-20(15-18(22)23)17(21)13-11-9-7-5-4-6-8-10-12-14-25-2/h3-16H2,1-2H3,(H,22,23). The van der Waals surface area contributed by atoms with Crippen molar-refractivity contribution >= 4 is 17.8 Å². The Kier molecular flexibility index (Phi) is 15.8. The molecule has 0 radical (unpaired) electrons. The van der Waals surface area contributed by atoms with Gasteiger partial charge in [-0.15, -0.1) is 0 Å². The Morgan fingerprint density at radius 2 is 1.38 bits per heavy atom. The number of unbranched alkanes of at least 4 members (excludes halogenated alkanes) is 8. The van der Waals surface area contributed by atoms with E-state index in [4.69, 9.17) is 14.6 Å². The highest BCUT2D eigenvalue weighted by Crippen LogP contribution is 2.11. The van der Waals surface area contributed by atoms with Crippen molar-refractivity contribution in [2.75, 3.05) is 33.4 Å². The van der Waals surface area contributed by atoms with Gasteiger partial charge in [0.1, 0.15) is 13.1 Å². The summed E-state index contributed by atoms with van der Waals surface area (Å²) in [6.07, 6.45) is 10.1. The number of methoxy groups -OCH3 is 1. The largest absolute Gasteiger partial charge is 0.480 e. The van der Waals surface area contributed by atoms with Crippen molar-refractivity contribution in [3.8, 4) is 0 Å². The fourth-order valence-corrected chi connectivity index (χ4v) is 2.68. The molecule has 0 aliphatic heterocycles. The van der Waals surface area contributed by atoms with Crippen LogP contribution >= 0.6 is 0 Å². The maximum Gasteiger partial charge on any atom is 0.325 e. The van der Waals surface area contributed by atoms with Gasteiger partial charge in [0.15, 0.2) is 0 Å². The molecule has 0 fully saturated rings. The fraction of sp³-hybridized carbons (Fsp3) is 0.842. The van der Waals surface area contributed by atoms with Crippen LogP contribution in [-0.2, 0) is 23.9 Å². The van der Waals surface area contributed by atoms with E-state index in [1.54, 1.807) is 14.0 Å². The molecule has 0 atom stereocenters. The van der Waals surface area contributed by atoms with Gasteiger partial charge in [-0.05, 0) is 19.8 Å². The molecule has 0 bridgehead atoms. The molecule has 0 aromatic carbocycles. The summed E-state index contributed by atoms with van der Waals surface area (Å²) in [5.41, 5.74) is 0. The summed E-state index contributed by atoms with van der Waals surface area (Å²) in [5, 5.41) is 8.88. The van der Waals surface area contributed by atoms with Crippen LogP contribution in [0.2, 0.25) is 0 Å². The maximum atomic E-state index is 12.1. The number of carboxylic acids is 1. The SMILES string of the molecule is CCOC(=O)CN(CC(=O)O)C(=O)CCCCCCCCCCCOC. The number of carboxylic acid groups (broad SMARTS) is 1. The Hall–Kier alpha value is -1.63. The molecule has 0 aliphatic carbocycles. The van der Waals surface area contributed by atoms with Crippen LogP contribution < -0.4 is 0 Å². The topological polar surface area (TPSA) is 93.1 Å². The van der Waals surface area contributed by atoms with Crippen LogP contribution in [0.5, 0.6) is 0 Å². The molecule has 26 heavy (non-hydrogen) atoms. The quantitative estimate of drug-likeness (QED) is 0.311. The second-order valence-corrected chi connectivity index (χ2v) is 6.37. The lowest BCUT2D eigenvalue weighted by atomic mass is 10.1. The van der Waals surface area contributed by atoms with E-state index >= 15 is 0 Å². The van der Waals surface area contributed by atoms with E-state index in [1.807, 2.05) is 0 Å². The Balaban J connectivity index is 3.81. The Bertz CT molecular complexity index is 399. The fourth-order valence-electron chi connectivity index (χ4n) is 2.68. The molecule has 0 saturated heterocycles. The molecule has 1 amide bonds. The highest BCUT2D eigenvalue weighted by Gasteiger charge is 2.20. The third kappa shape index (κ3) is 14.7. The molecule has 0 spiro atoms. The lowest BCUT2D eigenvalue weighted by molar-refractivity contribution is -0.152. The summed E-state index contributed by atoms with van der Waals surface area (Å²) in [6, 6.07) is 0. The van der Waals surface area contributed by atoms with Gasteiger partial charge in [-0.1, -0.05) is 44.9 Å². The monoisotopic (exact) mass is 373 g/mol. The van der Waals surface area contributed by atoms with Crippen LogP contribution in [0.15, 0.2) is 0 Å². The van der Waals surface area contributed by atoms with Crippen molar-refractivity contribution in [1.29, 1.82) is 0 Å². The van der Waals surface area contributed by atoms with Crippen molar-refractivity contribution in [3.63, 3.8) is 0 Å². The van der Waals surface area contributed by atoms with Crippen molar-refractivity contribution < 1.29 is 29.0 Å². The number of amides is 1. The Morgan fingerprint density at radius 3 is 1.88 bits per heavy atom. The van der Waals surface area contributed by atoms with Crippen LogP contribution in [0.25, 0.3) is 0 Å². The summed E-state index contributed by atoms with van der Waals surface area (Å²) in [4.78, 5) is 35.5. The normalized spacial score (nSPS) is 10.5. The van der Waals surface area contributed by atoms with Gasteiger partial charge in [0.25, 0.3) is 0 Å². The third-order valence-corrected chi connectivity index (χ3v) is 4.04. The summed E-state index contributed by atoms with van der Waals surface area (Å²) in [6.45, 7) is 1.94. The first-order valence-electron chi connectivity index (χ1n) is 9.65. The molecule has 7 nitrogen and oxygen atoms in total. The Labute approximate surface area is 157 Å². The molecule has 7 heteroatoms. The predicted molar refractivity (Wildman–Crippen MR) is 98.9 cm³/mol. The summed E-state index contributed by atoms with van der Waals surface area (Å²) >= 11 is 0. The second-order valence-electron chi connectivity index (χ2n) is 6.37. The van der Waals surface area contributed by atoms with Gasteiger partial charge in [-0.2, -0.15) is 0 Å². The molecule has 0 rings (SSSR count). The van der Waals surface area contributed by atoms with Crippen LogP contribution in [0, 0.1) is 0 Å². The first-order chi connectivity index (χ1) is 12.5.